The quantitative estimate of drug-likeness (QED) is 0.804. The van der Waals surface area contributed by atoms with Gasteiger partial charge in [0.25, 0.3) is 0 Å². The van der Waals surface area contributed by atoms with Crippen molar-refractivity contribution in [1.82, 2.24) is 5.32 Å². The van der Waals surface area contributed by atoms with Crippen molar-refractivity contribution in [3.8, 4) is 11.5 Å². The van der Waals surface area contributed by atoms with E-state index in [2.05, 4.69) is 10.6 Å². The maximum absolute atomic E-state index is 5.45. The normalized spacial score (nSPS) is 10.1. The first kappa shape index (κ1) is 14.6. The summed E-state index contributed by atoms with van der Waals surface area (Å²) in [5.41, 5.74) is 0.869. The second-order valence-electron chi connectivity index (χ2n) is 4.05. The molecule has 1 aromatic rings. The second kappa shape index (κ2) is 7.06. The minimum absolute atomic E-state index is 0.301. The lowest BCUT2D eigenvalue weighted by atomic mass is 10.2. The predicted molar refractivity (Wildman–Crippen MR) is 78.7 cm³/mol. The molecule has 0 bridgehead atoms. The van der Waals surface area contributed by atoms with Gasteiger partial charge < -0.3 is 20.1 Å². The van der Waals surface area contributed by atoms with Gasteiger partial charge in [-0.2, -0.15) is 0 Å². The standard InChI is InChI=1S/C13H20N2O2S/c1-5-17-11-7-6-10(8-12(11)16-4)15-13(18)14-9(2)3/h6-9H,5H2,1-4H3,(H2,14,15,18). The third kappa shape index (κ3) is 4.41. The summed E-state index contributed by atoms with van der Waals surface area (Å²) in [6.07, 6.45) is 0. The van der Waals surface area contributed by atoms with Crippen molar-refractivity contribution in [3.05, 3.63) is 18.2 Å². The van der Waals surface area contributed by atoms with E-state index in [1.54, 1.807) is 7.11 Å². The first-order chi connectivity index (χ1) is 8.56. The topological polar surface area (TPSA) is 42.5 Å². The van der Waals surface area contributed by atoms with Crippen LogP contribution in [0.2, 0.25) is 0 Å². The Morgan fingerprint density at radius 2 is 2.06 bits per heavy atom. The molecule has 100 valence electrons. The van der Waals surface area contributed by atoms with Crippen LogP contribution in [0.25, 0.3) is 0 Å². The SMILES string of the molecule is CCOc1ccc(NC(=S)NC(C)C)cc1OC. The molecule has 0 radical (unpaired) electrons. The predicted octanol–water partition coefficient (Wildman–Crippen LogP) is 2.79. The number of ether oxygens (including phenoxy) is 2. The number of rotatable bonds is 5. The van der Waals surface area contributed by atoms with Crippen molar-refractivity contribution in [1.29, 1.82) is 0 Å². The zero-order valence-corrected chi connectivity index (χ0v) is 12.1. The molecule has 0 saturated heterocycles. The Labute approximate surface area is 114 Å². The fourth-order valence-electron chi connectivity index (χ4n) is 1.45. The maximum atomic E-state index is 5.45. The first-order valence-corrected chi connectivity index (χ1v) is 6.36. The Bertz CT molecular complexity index is 408. The number of hydrogen-bond donors (Lipinski definition) is 2. The molecule has 1 rings (SSSR count). The molecule has 0 fully saturated rings. The van der Waals surface area contributed by atoms with Crippen LogP contribution in [-0.4, -0.2) is 24.9 Å². The minimum Gasteiger partial charge on any atom is -0.493 e. The van der Waals surface area contributed by atoms with Gasteiger partial charge in [0, 0.05) is 17.8 Å². The fourth-order valence-corrected chi connectivity index (χ4v) is 1.80. The monoisotopic (exact) mass is 268 g/mol. The highest BCUT2D eigenvalue weighted by atomic mass is 32.1. The van der Waals surface area contributed by atoms with Crippen LogP contribution in [0.5, 0.6) is 11.5 Å². The van der Waals surface area contributed by atoms with Gasteiger partial charge in [-0.05, 0) is 45.1 Å². The van der Waals surface area contributed by atoms with E-state index < -0.39 is 0 Å². The first-order valence-electron chi connectivity index (χ1n) is 5.95. The molecular formula is C13H20N2O2S. The largest absolute Gasteiger partial charge is 0.493 e. The molecular weight excluding hydrogens is 248 g/mol. The molecule has 0 aliphatic rings. The molecule has 4 nitrogen and oxygen atoms in total. The van der Waals surface area contributed by atoms with Gasteiger partial charge in [-0.3, -0.25) is 0 Å². The lowest BCUT2D eigenvalue weighted by molar-refractivity contribution is 0.311. The van der Waals surface area contributed by atoms with E-state index in [1.807, 2.05) is 39.0 Å². The van der Waals surface area contributed by atoms with Gasteiger partial charge in [0.2, 0.25) is 0 Å². The van der Waals surface area contributed by atoms with E-state index in [4.69, 9.17) is 21.7 Å². The summed E-state index contributed by atoms with van der Waals surface area (Å²) >= 11 is 5.18. The highest BCUT2D eigenvalue weighted by molar-refractivity contribution is 7.80. The van der Waals surface area contributed by atoms with E-state index in [0.717, 1.165) is 11.4 Å². The third-order valence-electron chi connectivity index (χ3n) is 2.14. The van der Waals surface area contributed by atoms with Crippen LogP contribution >= 0.6 is 12.2 Å². The number of nitrogens with one attached hydrogen (secondary N) is 2. The summed E-state index contributed by atoms with van der Waals surface area (Å²) in [5.74, 6) is 1.42. The van der Waals surface area contributed by atoms with Gasteiger partial charge in [-0.25, -0.2) is 0 Å². The van der Waals surface area contributed by atoms with Crippen LogP contribution in [0.4, 0.5) is 5.69 Å². The van der Waals surface area contributed by atoms with E-state index in [9.17, 15) is 0 Å². The van der Waals surface area contributed by atoms with Crippen molar-refractivity contribution in [2.45, 2.75) is 26.8 Å². The summed E-state index contributed by atoms with van der Waals surface area (Å²) in [6.45, 7) is 6.61. The van der Waals surface area contributed by atoms with E-state index in [-0.39, 0.29) is 0 Å². The summed E-state index contributed by atoms with van der Waals surface area (Å²) in [5, 5.41) is 6.81. The van der Waals surface area contributed by atoms with Crippen LogP contribution in [-0.2, 0) is 0 Å². The average Bonchev–Trinajstić information content (AvgIpc) is 2.30. The molecule has 0 spiro atoms. The molecule has 0 heterocycles. The zero-order valence-electron chi connectivity index (χ0n) is 11.2. The summed E-state index contributed by atoms with van der Waals surface area (Å²) in [7, 11) is 1.62. The van der Waals surface area contributed by atoms with Crippen LogP contribution in [0.15, 0.2) is 18.2 Å². The van der Waals surface area contributed by atoms with E-state index >= 15 is 0 Å². The van der Waals surface area contributed by atoms with Gasteiger partial charge in [-0.15, -0.1) is 0 Å². The number of thiocarbonyl (C=S) groups is 1. The van der Waals surface area contributed by atoms with E-state index in [1.165, 1.54) is 0 Å². The maximum Gasteiger partial charge on any atom is 0.170 e. The Morgan fingerprint density at radius 3 is 2.61 bits per heavy atom. The fraction of sp³-hybridized carbons (Fsp3) is 0.462. The Kier molecular flexibility index (Phi) is 5.71. The summed E-state index contributed by atoms with van der Waals surface area (Å²) in [6, 6.07) is 5.93. The molecule has 0 unspecified atom stereocenters. The van der Waals surface area contributed by atoms with Crippen molar-refractivity contribution >= 4 is 23.0 Å². The molecule has 0 aliphatic heterocycles. The minimum atomic E-state index is 0.301. The zero-order chi connectivity index (χ0) is 13.5. The molecule has 1 aromatic carbocycles. The molecule has 0 atom stereocenters. The third-order valence-corrected chi connectivity index (χ3v) is 2.36. The van der Waals surface area contributed by atoms with Crippen LogP contribution in [0.3, 0.4) is 0 Å². The van der Waals surface area contributed by atoms with Gasteiger partial charge in [0.15, 0.2) is 16.6 Å². The van der Waals surface area contributed by atoms with Crippen molar-refractivity contribution < 1.29 is 9.47 Å². The smallest absolute Gasteiger partial charge is 0.170 e. The number of hydrogen-bond acceptors (Lipinski definition) is 3. The van der Waals surface area contributed by atoms with Crippen LogP contribution < -0.4 is 20.1 Å². The van der Waals surface area contributed by atoms with Gasteiger partial charge >= 0.3 is 0 Å². The molecule has 0 saturated carbocycles. The average molecular weight is 268 g/mol. The highest BCUT2D eigenvalue weighted by Crippen LogP contribution is 2.30. The second-order valence-corrected chi connectivity index (χ2v) is 4.46. The number of anilines is 1. The molecule has 0 aliphatic carbocycles. The Balaban J connectivity index is 2.76. The van der Waals surface area contributed by atoms with Gasteiger partial charge in [-0.1, -0.05) is 0 Å². The van der Waals surface area contributed by atoms with Crippen molar-refractivity contribution in [2.75, 3.05) is 19.0 Å². The van der Waals surface area contributed by atoms with Crippen LogP contribution in [0.1, 0.15) is 20.8 Å². The Morgan fingerprint density at radius 1 is 1.33 bits per heavy atom. The lowest BCUT2D eigenvalue weighted by Crippen LogP contribution is -2.33. The molecule has 18 heavy (non-hydrogen) atoms. The molecule has 0 aromatic heterocycles. The highest BCUT2D eigenvalue weighted by Gasteiger charge is 2.06. The van der Waals surface area contributed by atoms with Gasteiger partial charge in [0.1, 0.15) is 0 Å². The number of methoxy groups -OCH3 is 1. The van der Waals surface area contributed by atoms with Gasteiger partial charge in [0.05, 0.1) is 13.7 Å². The number of benzene rings is 1. The molecule has 0 amide bonds. The van der Waals surface area contributed by atoms with Crippen LogP contribution in [0, 0.1) is 0 Å². The summed E-state index contributed by atoms with van der Waals surface area (Å²) < 4.78 is 10.7. The lowest BCUT2D eigenvalue weighted by Gasteiger charge is -2.15. The van der Waals surface area contributed by atoms with Crippen molar-refractivity contribution in [3.63, 3.8) is 0 Å². The summed E-state index contributed by atoms with van der Waals surface area (Å²) in [4.78, 5) is 0. The van der Waals surface area contributed by atoms with Crippen molar-refractivity contribution in [2.24, 2.45) is 0 Å². The Hall–Kier alpha value is -1.49. The molecule has 2 N–H and O–H groups in total. The molecule has 5 heteroatoms. The van der Waals surface area contributed by atoms with E-state index in [0.29, 0.717) is 23.5 Å².